The first-order chi connectivity index (χ1) is 71.0. The Morgan fingerprint density at radius 2 is 0.440 bits per heavy atom. The summed E-state index contributed by atoms with van der Waals surface area (Å²) >= 11 is 0. The minimum Gasteiger partial charge on any atom is -0.335 e. The molecular weight excluding hydrogens is 1820 g/mol. The van der Waals surface area contributed by atoms with E-state index in [-0.39, 0.29) is 49.4 Å². The van der Waals surface area contributed by atoms with Crippen LogP contribution in [0.25, 0.3) is 153 Å². The smallest absolute Gasteiger partial charge is 0.141 e. The number of hydrogen-bond acceptors (Lipinski definition) is 2. The lowest BCUT2D eigenvalue weighted by molar-refractivity contribution is 0.421. The predicted molar refractivity (Wildman–Crippen MR) is 656 cm³/mol. The van der Waals surface area contributed by atoms with E-state index in [1.54, 1.807) is 0 Å². The molecule has 0 fully saturated rings. The van der Waals surface area contributed by atoms with Crippen LogP contribution in [0.15, 0.2) is 419 Å². The van der Waals surface area contributed by atoms with Gasteiger partial charge in [-0.1, -0.05) is 411 Å². The highest BCUT2D eigenvalue weighted by Gasteiger charge is 2.29. The number of aromatic nitrogens is 7. The lowest BCUT2D eigenvalue weighted by Crippen LogP contribution is -2.21. The van der Waals surface area contributed by atoms with Crippen LogP contribution in [-0.4, -0.2) is 32.8 Å². The number of aryl methyl sites for hydroxylation is 3. The van der Waals surface area contributed by atoms with Crippen molar-refractivity contribution in [3.05, 3.63) is 458 Å². The summed E-state index contributed by atoms with van der Waals surface area (Å²) < 4.78 is 12.0. The fraction of sp³-hybridized carbons (Fsp3) is 0.273. The van der Waals surface area contributed by atoms with Crippen molar-refractivity contribution in [2.75, 3.05) is 0 Å². The molecular formula is C143H159N7. The van der Waals surface area contributed by atoms with Gasteiger partial charge in [-0.15, -0.1) is 0 Å². The fourth-order valence-electron chi connectivity index (χ4n) is 22.1. The molecule has 7 nitrogen and oxygen atoms in total. The van der Waals surface area contributed by atoms with Gasteiger partial charge in [0, 0.05) is 116 Å². The van der Waals surface area contributed by atoms with E-state index < -0.39 is 0 Å². The predicted octanol–water partition coefficient (Wildman–Crippen LogP) is 40.6. The number of fused-ring (bicyclic) bond motifs is 16. The third kappa shape index (κ3) is 24.6. The van der Waals surface area contributed by atoms with E-state index in [4.69, 9.17) is 0 Å². The molecule has 23 rings (SSSR count). The van der Waals surface area contributed by atoms with Crippen LogP contribution in [-0.2, 0) is 49.4 Å². The third-order valence-electron chi connectivity index (χ3n) is 27.9. The Bertz CT molecular complexity index is 7770. The second kappa shape index (κ2) is 44.9. The third-order valence-corrected chi connectivity index (χ3v) is 27.9. The maximum Gasteiger partial charge on any atom is 0.141 e. The van der Waals surface area contributed by atoms with E-state index in [0.717, 1.165) is 11.2 Å². The van der Waals surface area contributed by atoms with Crippen LogP contribution in [0.1, 0.15) is 226 Å². The van der Waals surface area contributed by atoms with Gasteiger partial charge < -0.3 is 22.8 Å². The van der Waals surface area contributed by atoms with Gasteiger partial charge in [-0.05, 0) is 308 Å². The van der Waals surface area contributed by atoms with Crippen molar-refractivity contribution in [3.8, 4) is 33.4 Å². The molecule has 7 aromatic heterocycles. The SMILES string of the molecule is CC(C)(C)c1c(-c2ccccc2)cccc1-c1ccccc1.CC(C)(C)c1ccccc1-c1ccccc1.CC(C)(C)n1c2ccccc2c2cc3ccccc3cc21.CC(C)(C)n1c2ccccc2c2ccccc21.CC(C)(C)n1c2ccccc2c2ccccc21.CC(C)(C)n1c2ccccc2c2cccnc21.CC(C)(C)n1c2ccccc2c2ncccc21.Cc1cccc(C)c1C(C)(C)C.Cc1ccccc1C(C)(C)C. The first kappa shape index (κ1) is 109. The van der Waals surface area contributed by atoms with Gasteiger partial charge in [0.2, 0.25) is 0 Å². The standard InChI is InChI=1S/C22H22.C20H19N.2C16H17N.C16H18.2C15H16N2.C12H18.C11H16/c1-22(2,3)21-19(17-11-6-4-7-12-17)15-10-16-20(21)18-13-8-5-9-14-18;1-20(2,3)21-18-11-7-6-10-16(18)17-12-14-8-4-5-9-15(14)13-19(17)21;2*1-16(2,3)17-14-10-6-4-8-12(14)13-9-5-7-11-15(13)17;1-16(2,3)15-12-8-7-11-14(15)13-9-5-4-6-10-13;1-15(2,3)17-13-9-5-4-7-11(13)12-8-6-10-16-14(12)17;1-15(2,3)17-12-8-5-4-7-11(12)14-13(17)9-6-10-16-14;1-9-7-6-8-10(2)11(9)12(3,4)5;1-9-7-5-6-8-10(9)11(2,3)4/h4-16H,1-3H3;4-13H,1-3H3;2*4-11H,1-3H3;4-12H,1-3H3;2*4-10H,1-3H3;6-8H,1-5H3;5-8H,1-4H3. The highest BCUT2D eigenvalue weighted by atomic mass is 15.1. The summed E-state index contributed by atoms with van der Waals surface area (Å²) in [4.78, 5) is 9.07. The van der Waals surface area contributed by atoms with Crippen LogP contribution >= 0.6 is 0 Å². The van der Waals surface area contributed by atoms with E-state index in [2.05, 4.69) is 635 Å². The van der Waals surface area contributed by atoms with Crippen molar-refractivity contribution in [2.24, 2.45) is 0 Å². The van der Waals surface area contributed by atoms with Crippen LogP contribution in [0, 0.1) is 20.8 Å². The van der Waals surface area contributed by atoms with Crippen molar-refractivity contribution >= 4 is 120 Å². The number of para-hydroxylation sites is 7. The first-order valence-electron chi connectivity index (χ1n) is 53.6. The Labute approximate surface area is 894 Å². The van der Waals surface area contributed by atoms with Crippen molar-refractivity contribution < 1.29 is 0 Å². The summed E-state index contributed by atoms with van der Waals surface area (Å²) in [6, 6.07) is 144. The normalized spacial score (nSPS) is 12.1. The molecule has 0 radical (unpaired) electrons. The summed E-state index contributed by atoms with van der Waals surface area (Å²) in [7, 11) is 0. The Morgan fingerprint density at radius 3 is 0.820 bits per heavy atom. The molecule has 23 aromatic rings. The topological polar surface area (TPSA) is 50.4 Å². The molecule has 0 unspecified atom stereocenters. The lowest BCUT2D eigenvalue weighted by Gasteiger charge is -2.27. The van der Waals surface area contributed by atoms with Gasteiger partial charge in [-0.2, -0.15) is 0 Å². The fourth-order valence-corrected chi connectivity index (χ4v) is 22.1. The summed E-state index contributed by atoms with van der Waals surface area (Å²) in [6.45, 7) is 67.4. The van der Waals surface area contributed by atoms with Gasteiger partial charge in [0.05, 0.1) is 27.6 Å². The van der Waals surface area contributed by atoms with Gasteiger partial charge in [0.25, 0.3) is 0 Å². The first-order valence-corrected chi connectivity index (χ1v) is 53.6. The van der Waals surface area contributed by atoms with Crippen LogP contribution in [0.3, 0.4) is 0 Å². The maximum absolute atomic E-state index is 4.55. The highest BCUT2D eigenvalue weighted by molar-refractivity contribution is 6.14. The zero-order valence-electron chi connectivity index (χ0n) is 95.0. The van der Waals surface area contributed by atoms with Crippen molar-refractivity contribution in [1.82, 2.24) is 32.8 Å². The quantitative estimate of drug-likeness (QED) is 0.177. The Balaban J connectivity index is 0.000000127. The van der Waals surface area contributed by atoms with Crippen LogP contribution in [0.2, 0.25) is 0 Å². The van der Waals surface area contributed by atoms with Crippen LogP contribution < -0.4 is 0 Å². The maximum atomic E-state index is 4.55. The molecule has 0 bridgehead atoms. The van der Waals surface area contributed by atoms with E-state index in [0.29, 0.717) is 0 Å². The van der Waals surface area contributed by atoms with Gasteiger partial charge in [0.1, 0.15) is 5.65 Å². The molecule has 0 saturated heterocycles. The molecule has 766 valence electrons. The lowest BCUT2D eigenvalue weighted by atomic mass is 9.77. The van der Waals surface area contributed by atoms with E-state index >= 15 is 0 Å². The zero-order chi connectivity index (χ0) is 108. The van der Waals surface area contributed by atoms with Crippen molar-refractivity contribution in [2.45, 2.75) is 257 Å². The largest absolute Gasteiger partial charge is 0.335 e. The monoisotopic (exact) mass is 1970 g/mol. The summed E-state index contributed by atoms with van der Waals surface area (Å²) in [5, 5.41) is 14.4. The zero-order valence-corrected chi connectivity index (χ0v) is 95.0. The average molecular weight is 1980 g/mol. The van der Waals surface area contributed by atoms with E-state index in [9.17, 15) is 0 Å². The number of pyridine rings is 2. The second-order valence-electron chi connectivity index (χ2n) is 49.1. The molecule has 0 saturated carbocycles. The Hall–Kier alpha value is -14.9. The molecule has 0 amide bonds. The Kier molecular flexibility index (Phi) is 32.7. The molecule has 0 atom stereocenters. The number of hydrogen-bond donors (Lipinski definition) is 0. The molecule has 0 aliphatic heterocycles. The molecule has 0 aliphatic rings. The van der Waals surface area contributed by atoms with Gasteiger partial charge in [-0.25, -0.2) is 4.98 Å². The van der Waals surface area contributed by atoms with Gasteiger partial charge in [0.15, 0.2) is 0 Å². The minimum atomic E-state index is 0.0374. The van der Waals surface area contributed by atoms with E-state index in [1.807, 2.05) is 24.5 Å². The molecule has 0 spiro atoms. The number of benzene rings is 16. The summed E-state index contributed by atoms with van der Waals surface area (Å²) in [5.74, 6) is 0. The second-order valence-corrected chi connectivity index (χ2v) is 49.1. The van der Waals surface area contributed by atoms with E-state index in [1.165, 1.54) is 181 Å². The molecule has 7 heteroatoms. The summed E-state index contributed by atoms with van der Waals surface area (Å²) in [5.41, 5.74) is 32.8. The van der Waals surface area contributed by atoms with Gasteiger partial charge >= 0.3 is 0 Å². The van der Waals surface area contributed by atoms with Crippen LogP contribution in [0.5, 0.6) is 0 Å². The van der Waals surface area contributed by atoms with Crippen molar-refractivity contribution in [1.29, 1.82) is 0 Å². The van der Waals surface area contributed by atoms with Crippen molar-refractivity contribution in [3.63, 3.8) is 0 Å². The summed E-state index contributed by atoms with van der Waals surface area (Å²) in [6.07, 6.45) is 3.73. The van der Waals surface area contributed by atoms with Crippen LogP contribution in [0.4, 0.5) is 0 Å². The average Bonchev–Trinajstić information content (AvgIpc) is 1.59. The Morgan fingerprint density at radius 1 is 0.173 bits per heavy atom. The molecule has 0 aliphatic carbocycles. The minimum absolute atomic E-state index is 0.0374. The molecule has 0 N–H and O–H groups in total. The molecule has 150 heavy (non-hydrogen) atoms. The number of nitrogens with zero attached hydrogens (tertiary/aromatic N) is 7. The van der Waals surface area contributed by atoms with Gasteiger partial charge in [-0.3, -0.25) is 4.98 Å². The molecule has 16 aromatic carbocycles. The highest BCUT2D eigenvalue weighted by Crippen LogP contribution is 2.45. The molecule has 7 heterocycles. The number of rotatable bonds is 3.